The lowest BCUT2D eigenvalue weighted by Crippen LogP contribution is -2.35. The van der Waals surface area contributed by atoms with Crippen molar-refractivity contribution in [3.63, 3.8) is 0 Å². The van der Waals surface area contributed by atoms with Gasteiger partial charge < -0.3 is 14.7 Å². The number of likely N-dealkylation sites (tertiary alicyclic amines) is 1. The van der Waals surface area contributed by atoms with Gasteiger partial charge in [0.05, 0.1) is 12.3 Å². The quantitative estimate of drug-likeness (QED) is 0.911. The number of rotatable bonds is 2. The largest absolute Gasteiger partial charge is 0.444 e. The van der Waals surface area contributed by atoms with Crippen molar-refractivity contribution < 1.29 is 19.0 Å². The average molecular weight is 296 g/mol. The second-order valence-corrected chi connectivity index (χ2v) is 6.32. The molecule has 2 rings (SSSR count). The van der Waals surface area contributed by atoms with E-state index in [9.17, 15) is 14.3 Å². The van der Waals surface area contributed by atoms with Gasteiger partial charge in [0.15, 0.2) is 0 Å². The van der Waals surface area contributed by atoms with E-state index in [-0.39, 0.29) is 11.5 Å². The van der Waals surface area contributed by atoms with Crippen LogP contribution in [0.1, 0.15) is 38.9 Å². The molecule has 116 valence electrons. The minimum absolute atomic E-state index is 0.200. The molecule has 2 atom stereocenters. The Balaban J connectivity index is 1.99. The molecule has 1 amide bonds. The van der Waals surface area contributed by atoms with Gasteiger partial charge in [0.25, 0.3) is 0 Å². The topological polar surface area (TPSA) is 62.7 Å². The third kappa shape index (κ3) is 3.91. The number of hydrogen-bond donors (Lipinski definition) is 1. The first-order chi connectivity index (χ1) is 9.78. The second-order valence-electron chi connectivity index (χ2n) is 6.32. The number of aliphatic hydroxyl groups excluding tert-OH is 1. The molecule has 1 N–H and O–H groups in total. The van der Waals surface area contributed by atoms with Crippen molar-refractivity contribution in [2.75, 3.05) is 13.1 Å². The zero-order chi connectivity index (χ0) is 15.6. The minimum Gasteiger partial charge on any atom is -0.444 e. The van der Waals surface area contributed by atoms with Crippen LogP contribution in [-0.2, 0) is 4.74 Å². The van der Waals surface area contributed by atoms with Crippen LogP contribution in [0.15, 0.2) is 18.5 Å². The normalized spacial score (nSPS) is 20.4. The molecular formula is C15H21FN2O3. The van der Waals surface area contributed by atoms with E-state index >= 15 is 0 Å². The van der Waals surface area contributed by atoms with E-state index in [4.69, 9.17) is 4.74 Å². The molecule has 21 heavy (non-hydrogen) atoms. The van der Waals surface area contributed by atoms with E-state index in [0.29, 0.717) is 19.5 Å². The molecule has 2 heterocycles. The lowest BCUT2D eigenvalue weighted by molar-refractivity contribution is 0.0267. The molecule has 0 saturated carbocycles. The maximum atomic E-state index is 13.6. The Hall–Kier alpha value is -1.69. The molecule has 1 fully saturated rings. The summed E-state index contributed by atoms with van der Waals surface area (Å²) >= 11 is 0. The summed E-state index contributed by atoms with van der Waals surface area (Å²) in [6.45, 7) is 6.28. The summed E-state index contributed by atoms with van der Waals surface area (Å²) in [6.07, 6.45) is 1.80. The van der Waals surface area contributed by atoms with Crippen LogP contribution in [0.4, 0.5) is 9.18 Å². The molecule has 0 bridgehead atoms. The van der Waals surface area contributed by atoms with Crippen LogP contribution >= 0.6 is 0 Å². The van der Waals surface area contributed by atoms with Crippen molar-refractivity contribution in [1.82, 2.24) is 9.88 Å². The highest BCUT2D eigenvalue weighted by Gasteiger charge is 2.34. The van der Waals surface area contributed by atoms with Gasteiger partial charge in [-0.25, -0.2) is 9.18 Å². The van der Waals surface area contributed by atoms with Crippen molar-refractivity contribution in [2.45, 2.75) is 38.9 Å². The molecule has 1 aliphatic rings. The average Bonchev–Trinajstić information content (AvgIpc) is 2.86. The smallest absolute Gasteiger partial charge is 0.410 e. The summed E-state index contributed by atoms with van der Waals surface area (Å²) in [7, 11) is 0. The highest BCUT2D eigenvalue weighted by atomic mass is 19.1. The summed E-state index contributed by atoms with van der Waals surface area (Å²) in [5.41, 5.74) is -0.327. The molecule has 0 spiro atoms. The first-order valence-corrected chi connectivity index (χ1v) is 7.03. The van der Waals surface area contributed by atoms with E-state index in [1.165, 1.54) is 12.3 Å². The summed E-state index contributed by atoms with van der Waals surface area (Å²) < 4.78 is 18.9. The van der Waals surface area contributed by atoms with Gasteiger partial charge >= 0.3 is 6.09 Å². The maximum absolute atomic E-state index is 13.6. The van der Waals surface area contributed by atoms with Crippen LogP contribution in [0.3, 0.4) is 0 Å². The van der Waals surface area contributed by atoms with E-state index in [0.717, 1.165) is 6.20 Å². The number of aromatic nitrogens is 1. The second kappa shape index (κ2) is 5.97. The number of amides is 1. The van der Waals surface area contributed by atoms with Crippen molar-refractivity contribution in [1.29, 1.82) is 0 Å². The van der Waals surface area contributed by atoms with E-state index in [1.807, 2.05) is 0 Å². The Morgan fingerprint density at radius 1 is 1.57 bits per heavy atom. The monoisotopic (exact) mass is 296 g/mol. The lowest BCUT2D eigenvalue weighted by Gasteiger charge is -2.25. The van der Waals surface area contributed by atoms with Crippen molar-refractivity contribution >= 4 is 6.09 Å². The Labute approximate surface area is 123 Å². The van der Waals surface area contributed by atoms with Crippen LogP contribution < -0.4 is 0 Å². The fourth-order valence-corrected chi connectivity index (χ4v) is 2.42. The van der Waals surface area contributed by atoms with Crippen LogP contribution in [0.2, 0.25) is 0 Å². The van der Waals surface area contributed by atoms with Gasteiger partial charge in [-0.05, 0) is 33.3 Å². The number of aliphatic hydroxyl groups is 1. The van der Waals surface area contributed by atoms with Gasteiger partial charge in [-0.1, -0.05) is 0 Å². The van der Waals surface area contributed by atoms with Crippen molar-refractivity contribution in [3.05, 3.63) is 29.8 Å². The first kappa shape index (κ1) is 15.7. The van der Waals surface area contributed by atoms with Gasteiger partial charge in [0.1, 0.15) is 11.4 Å². The number of pyridine rings is 1. The zero-order valence-electron chi connectivity index (χ0n) is 12.5. The molecule has 0 aromatic carbocycles. The molecule has 0 radical (unpaired) electrons. The van der Waals surface area contributed by atoms with E-state index in [2.05, 4.69) is 4.98 Å². The number of ether oxygens (including phenoxy) is 1. The molecule has 5 nitrogen and oxygen atoms in total. The molecular weight excluding hydrogens is 275 g/mol. The molecule has 0 aliphatic carbocycles. The van der Waals surface area contributed by atoms with Gasteiger partial charge in [-0.2, -0.15) is 0 Å². The van der Waals surface area contributed by atoms with Gasteiger partial charge in [0, 0.05) is 30.8 Å². The Bertz CT molecular complexity index is 516. The SMILES string of the molecule is CC(C)(C)OC(=O)N1CCC(C(O)c2ccncc2F)C1. The molecule has 1 aromatic heterocycles. The number of carbonyl (C=O) groups excluding carboxylic acids is 1. The third-order valence-corrected chi connectivity index (χ3v) is 3.45. The molecule has 1 saturated heterocycles. The highest BCUT2D eigenvalue weighted by molar-refractivity contribution is 5.68. The number of hydrogen-bond acceptors (Lipinski definition) is 4. The summed E-state index contributed by atoms with van der Waals surface area (Å²) in [5.74, 6) is -0.727. The van der Waals surface area contributed by atoms with Crippen molar-refractivity contribution in [2.24, 2.45) is 5.92 Å². The van der Waals surface area contributed by atoms with E-state index < -0.39 is 23.6 Å². The number of nitrogens with zero attached hydrogens (tertiary/aromatic N) is 2. The van der Waals surface area contributed by atoms with Crippen LogP contribution in [0.5, 0.6) is 0 Å². The van der Waals surface area contributed by atoms with Crippen LogP contribution in [-0.4, -0.2) is 39.8 Å². The predicted molar refractivity (Wildman–Crippen MR) is 75.1 cm³/mol. The Morgan fingerprint density at radius 2 is 2.29 bits per heavy atom. The third-order valence-electron chi connectivity index (χ3n) is 3.45. The maximum Gasteiger partial charge on any atom is 0.410 e. The predicted octanol–water partition coefficient (Wildman–Crippen LogP) is 2.51. The Kier molecular flexibility index (Phi) is 4.46. The standard InChI is InChI=1S/C15H21FN2O3/c1-15(2,3)21-14(20)18-7-5-10(9-18)13(19)11-4-6-17-8-12(11)16/h4,6,8,10,13,19H,5,7,9H2,1-3H3. The fourth-order valence-electron chi connectivity index (χ4n) is 2.42. The molecule has 2 unspecified atom stereocenters. The lowest BCUT2D eigenvalue weighted by atomic mass is 9.95. The number of carbonyl (C=O) groups is 1. The highest BCUT2D eigenvalue weighted by Crippen LogP contribution is 2.31. The van der Waals surface area contributed by atoms with Gasteiger partial charge in [0.2, 0.25) is 0 Å². The van der Waals surface area contributed by atoms with Crippen LogP contribution in [0.25, 0.3) is 0 Å². The summed E-state index contributed by atoms with van der Waals surface area (Å²) in [5, 5.41) is 10.3. The zero-order valence-corrected chi connectivity index (χ0v) is 12.5. The van der Waals surface area contributed by atoms with Gasteiger partial charge in [-0.3, -0.25) is 4.98 Å². The minimum atomic E-state index is -0.944. The van der Waals surface area contributed by atoms with Gasteiger partial charge in [-0.15, -0.1) is 0 Å². The number of halogens is 1. The molecule has 1 aliphatic heterocycles. The molecule has 6 heteroatoms. The van der Waals surface area contributed by atoms with Crippen LogP contribution in [0, 0.1) is 11.7 Å². The fraction of sp³-hybridized carbons (Fsp3) is 0.600. The molecule has 1 aromatic rings. The van der Waals surface area contributed by atoms with E-state index in [1.54, 1.807) is 25.7 Å². The summed E-state index contributed by atoms with van der Waals surface area (Å²) in [4.78, 5) is 17.2. The first-order valence-electron chi connectivity index (χ1n) is 7.03. The Morgan fingerprint density at radius 3 is 2.90 bits per heavy atom. The van der Waals surface area contributed by atoms with Crippen molar-refractivity contribution in [3.8, 4) is 0 Å². The summed E-state index contributed by atoms with van der Waals surface area (Å²) in [6, 6.07) is 1.47.